The molecule has 0 aromatic carbocycles. The van der Waals surface area contributed by atoms with Crippen molar-refractivity contribution in [3.63, 3.8) is 0 Å². The summed E-state index contributed by atoms with van der Waals surface area (Å²) in [6.07, 6.45) is 5.75. The van der Waals surface area contributed by atoms with E-state index in [9.17, 15) is 0 Å². The van der Waals surface area contributed by atoms with E-state index >= 15 is 0 Å². The lowest BCUT2D eigenvalue weighted by molar-refractivity contribution is 0.316. The third kappa shape index (κ3) is 1.64. The zero-order valence-corrected chi connectivity index (χ0v) is 7.79. The van der Waals surface area contributed by atoms with Crippen LogP contribution in [0.15, 0.2) is 12.1 Å². The predicted octanol–water partition coefficient (Wildman–Crippen LogP) is 3.40. The Hall–Kier alpha value is -0.300. The van der Waals surface area contributed by atoms with Gasteiger partial charge in [-0.15, -0.1) is 11.3 Å². The molecule has 60 valence electrons. The standard InChI is InChI=1S/C10H14S/c1-8-5-6-10(11-8)7-9-3-2-4-9/h5-6,9H,2-4,7H2,1H3. The van der Waals surface area contributed by atoms with Gasteiger partial charge in [-0.25, -0.2) is 0 Å². The van der Waals surface area contributed by atoms with Gasteiger partial charge in [-0.05, 0) is 31.4 Å². The van der Waals surface area contributed by atoms with Gasteiger partial charge < -0.3 is 0 Å². The van der Waals surface area contributed by atoms with E-state index in [2.05, 4.69) is 19.1 Å². The number of thiophene rings is 1. The Morgan fingerprint density at radius 3 is 2.73 bits per heavy atom. The van der Waals surface area contributed by atoms with Crippen molar-refractivity contribution in [2.75, 3.05) is 0 Å². The van der Waals surface area contributed by atoms with Crippen molar-refractivity contribution < 1.29 is 0 Å². The van der Waals surface area contributed by atoms with E-state index in [1.54, 1.807) is 4.88 Å². The van der Waals surface area contributed by atoms with E-state index in [1.807, 2.05) is 11.3 Å². The molecule has 0 N–H and O–H groups in total. The lowest BCUT2D eigenvalue weighted by atomic mass is 9.83. The van der Waals surface area contributed by atoms with E-state index in [4.69, 9.17) is 0 Å². The van der Waals surface area contributed by atoms with E-state index in [0.717, 1.165) is 5.92 Å². The smallest absolute Gasteiger partial charge is 0.00508 e. The first-order chi connectivity index (χ1) is 5.34. The third-order valence-corrected chi connectivity index (χ3v) is 3.53. The number of aryl methyl sites for hydroxylation is 1. The van der Waals surface area contributed by atoms with Crippen LogP contribution in [-0.4, -0.2) is 0 Å². The van der Waals surface area contributed by atoms with Gasteiger partial charge in [0.2, 0.25) is 0 Å². The monoisotopic (exact) mass is 166 g/mol. The molecule has 0 nitrogen and oxygen atoms in total. The number of hydrogen-bond acceptors (Lipinski definition) is 1. The highest BCUT2D eigenvalue weighted by atomic mass is 32.1. The van der Waals surface area contributed by atoms with Gasteiger partial charge in [-0.1, -0.05) is 19.3 Å². The van der Waals surface area contributed by atoms with Gasteiger partial charge in [0.1, 0.15) is 0 Å². The maximum Gasteiger partial charge on any atom is 0.00508 e. The summed E-state index contributed by atoms with van der Waals surface area (Å²) in [7, 11) is 0. The van der Waals surface area contributed by atoms with Gasteiger partial charge in [-0.3, -0.25) is 0 Å². The van der Waals surface area contributed by atoms with Crippen molar-refractivity contribution in [3.05, 3.63) is 21.9 Å². The second-order valence-corrected chi connectivity index (χ2v) is 4.89. The second-order valence-electron chi connectivity index (χ2n) is 3.51. The molecule has 11 heavy (non-hydrogen) atoms. The van der Waals surface area contributed by atoms with Crippen LogP contribution < -0.4 is 0 Å². The summed E-state index contributed by atoms with van der Waals surface area (Å²) in [5.41, 5.74) is 0. The van der Waals surface area contributed by atoms with Crippen LogP contribution in [0, 0.1) is 12.8 Å². The Labute approximate surface area is 72.3 Å². The highest BCUT2D eigenvalue weighted by Crippen LogP contribution is 2.31. The van der Waals surface area contributed by atoms with Gasteiger partial charge >= 0.3 is 0 Å². The highest BCUT2D eigenvalue weighted by molar-refractivity contribution is 7.11. The average Bonchev–Trinajstić information content (AvgIpc) is 2.27. The fourth-order valence-electron chi connectivity index (χ4n) is 1.58. The average molecular weight is 166 g/mol. The minimum absolute atomic E-state index is 1.02. The molecule has 2 rings (SSSR count). The van der Waals surface area contributed by atoms with Crippen molar-refractivity contribution in [1.29, 1.82) is 0 Å². The van der Waals surface area contributed by atoms with Crippen molar-refractivity contribution in [1.82, 2.24) is 0 Å². The molecular weight excluding hydrogens is 152 g/mol. The van der Waals surface area contributed by atoms with Crippen LogP contribution in [0.4, 0.5) is 0 Å². The van der Waals surface area contributed by atoms with Crippen LogP contribution in [0.25, 0.3) is 0 Å². The molecular formula is C10H14S. The van der Waals surface area contributed by atoms with Crippen molar-refractivity contribution in [2.45, 2.75) is 32.6 Å². The molecule has 0 spiro atoms. The minimum Gasteiger partial charge on any atom is -0.146 e. The van der Waals surface area contributed by atoms with E-state index in [-0.39, 0.29) is 0 Å². The van der Waals surface area contributed by atoms with Crippen LogP contribution in [0.1, 0.15) is 29.0 Å². The maximum atomic E-state index is 2.29. The second kappa shape index (κ2) is 2.98. The molecule has 0 atom stereocenters. The fraction of sp³-hybridized carbons (Fsp3) is 0.600. The topological polar surface area (TPSA) is 0 Å². The van der Waals surface area contributed by atoms with Crippen molar-refractivity contribution in [3.8, 4) is 0 Å². The number of hydrogen-bond donors (Lipinski definition) is 0. The van der Waals surface area contributed by atoms with Gasteiger partial charge in [0.25, 0.3) is 0 Å². The lowest BCUT2D eigenvalue weighted by Crippen LogP contribution is -2.12. The molecule has 0 amide bonds. The SMILES string of the molecule is Cc1ccc(CC2CCC2)s1. The first kappa shape index (κ1) is 7.35. The largest absolute Gasteiger partial charge is 0.146 e. The molecule has 1 heteroatoms. The summed E-state index contributed by atoms with van der Waals surface area (Å²) in [5, 5.41) is 0. The van der Waals surface area contributed by atoms with Crippen LogP contribution in [0.3, 0.4) is 0 Å². The molecule has 0 aliphatic heterocycles. The summed E-state index contributed by atoms with van der Waals surface area (Å²) in [4.78, 5) is 3.05. The third-order valence-electron chi connectivity index (χ3n) is 2.51. The van der Waals surface area contributed by atoms with Crippen molar-refractivity contribution in [2.24, 2.45) is 5.92 Å². The fourth-order valence-corrected chi connectivity index (χ4v) is 2.58. The molecule has 0 bridgehead atoms. The molecule has 0 radical (unpaired) electrons. The summed E-state index contributed by atoms with van der Waals surface area (Å²) in [5.74, 6) is 1.02. The van der Waals surface area contributed by atoms with Crippen LogP contribution >= 0.6 is 11.3 Å². The van der Waals surface area contributed by atoms with Gasteiger partial charge in [0.15, 0.2) is 0 Å². The Balaban J connectivity index is 1.95. The predicted molar refractivity (Wildman–Crippen MR) is 50.1 cm³/mol. The van der Waals surface area contributed by atoms with Crippen LogP contribution in [0.5, 0.6) is 0 Å². The summed E-state index contributed by atoms with van der Waals surface area (Å²) < 4.78 is 0. The van der Waals surface area contributed by atoms with E-state index in [0.29, 0.717) is 0 Å². The summed E-state index contributed by atoms with van der Waals surface area (Å²) in [6, 6.07) is 4.52. The Morgan fingerprint density at radius 2 is 2.27 bits per heavy atom. The molecule has 1 aromatic rings. The summed E-state index contributed by atoms with van der Waals surface area (Å²) >= 11 is 1.97. The van der Waals surface area contributed by atoms with Crippen LogP contribution in [-0.2, 0) is 6.42 Å². The Kier molecular flexibility index (Phi) is 1.99. The van der Waals surface area contributed by atoms with Gasteiger partial charge in [0.05, 0.1) is 0 Å². The zero-order chi connectivity index (χ0) is 7.68. The molecule has 1 aromatic heterocycles. The van der Waals surface area contributed by atoms with Gasteiger partial charge in [-0.2, -0.15) is 0 Å². The molecule has 1 fully saturated rings. The lowest BCUT2D eigenvalue weighted by Gasteiger charge is -2.24. The molecule has 0 unspecified atom stereocenters. The molecule has 1 heterocycles. The zero-order valence-electron chi connectivity index (χ0n) is 6.97. The molecule has 1 saturated carbocycles. The normalized spacial score (nSPS) is 18.3. The maximum absolute atomic E-state index is 2.29. The first-order valence-electron chi connectivity index (χ1n) is 4.40. The van der Waals surface area contributed by atoms with Crippen LogP contribution in [0.2, 0.25) is 0 Å². The minimum atomic E-state index is 1.02. The van der Waals surface area contributed by atoms with E-state index < -0.39 is 0 Å². The Bertz CT molecular complexity index is 233. The van der Waals surface area contributed by atoms with Crippen molar-refractivity contribution >= 4 is 11.3 Å². The quantitative estimate of drug-likeness (QED) is 0.631. The number of rotatable bonds is 2. The first-order valence-corrected chi connectivity index (χ1v) is 5.21. The molecule has 1 aliphatic rings. The molecule has 1 aliphatic carbocycles. The van der Waals surface area contributed by atoms with Gasteiger partial charge in [0, 0.05) is 9.75 Å². The molecule has 0 saturated heterocycles. The highest BCUT2D eigenvalue weighted by Gasteiger charge is 2.17. The summed E-state index contributed by atoms with van der Waals surface area (Å²) in [6.45, 7) is 2.19. The van der Waals surface area contributed by atoms with E-state index in [1.165, 1.54) is 30.6 Å². The Morgan fingerprint density at radius 1 is 1.45 bits per heavy atom.